The van der Waals surface area contributed by atoms with Gasteiger partial charge in [0.2, 0.25) is 5.75 Å². The van der Waals surface area contributed by atoms with Crippen molar-refractivity contribution in [3.8, 4) is 23.0 Å². The molecule has 1 aliphatic heterocycles. The summed E-state index contributed by atoms with van der Waals surface area (Å²) in [5.41, 5.74) is 3.11. The number of esters is 1. The molecule has 2 aromatic carbocycles. The molecule has 0 aliphatic carbocycles. The Labute approximate surface area is 160 Å². The zero-order valence-corrected chi connectivity index (χ0v) is 16.7. The van der Waals surface area contributed by atoms with Crippen LogP contribution >= 0.6 is 0 Å². The van der Waals surface area contributed by atoms with Gasteiger partial charge in [0, 0.05) is 11.5 Å². The molecular formula is C22H26O5. The van der Waals surface area contributed by atoms with Crippen molar-refractivity contribution in [3.05, 3.63) is 47.0 Å². The standard InChI is InChI=1S/C22H26O5/c1-22(2,3)14-7-8-17-16(11-14)15(12-20(23)27-17)13-9-18(24-4)21(26-6)19(10-13)25-5/h7-11,15H,12H2,1-6H3/t15-/m1/s1. The van der Waals surface area contributed by atoms with Crippen LogP contribution in [0.15, 0.2) is 30.3 Å². The van der Waals surface area contributed by atoms with Gasteiger partial charge in [-0.2, -0.15) is 0 Å². The molecule has 5 nitrogen and oxygen atoms in total. The SMILES string of the molecule is COc1cc([C@H]2CC(=O)Oc3ccc(C(C)(C)C)cc32)cc(OC)c1OC. The fraction of sp³-hybridized carbons (Fsp3) is 0.409. The molecule has 1 atom stereocenters. The number of carbonyl (C=O) groups is 1. The number of methoxy groups -OCH3 is 3. The number of fused-ring (bicyclic) bond motifs is 1. The number of ether oxygens (including phenoxy) is 4. The van der Waals surface area contributed by atoms with Crippen molar-refractivity contribution in [1.82, 2.24) is 0 Å². The summed E-state index contributed by atoms with van der Waals surface area (Å²) in [5, 5.41) is 0. The summed E-state index contributed by atoms with van der Waals surface area (Å²) < 4.78 is 21.9. The second-order valence-electron chi connectivity index (χ2n) is 7.69. The van der Waals surface area contributed by atoms with Crippen molar-refractivity contribution < 1.29 is 23.7 Å². The lowest BCUT2D eigenvalue weighted by Gasteiger charge is -2.28. The van der Waals surface area contributed by atoms with Crippen LogP contribution in [0.2, 0.25) is 0 Å². The van der Waals surface area contributed by atoms with Gasteiger partial charge in [0.1, 0.15) is 5.75 Å². The Bertz CT molecular complexity index is 838. The zero-order valence-electron chi connectivity index (χ0n) is 16.7. The third kappa shape index (κ3) is 3.59. The zero-order chi connectivity index (χ0) is 19.8. The highest BCUT2D eigenvalue weighted by atomic mass is 16.5. The molecule has 0 bridgehead atoms. The van der Waals surface area contributed by atoms with E-state index in [0.29, 0.717) is 23.0 Å². The first-order chi connectivity index (χ1) is 12.8. The molecule has 0 saturated heterocycles. The van der Waals surface area contributed by atoms with E-state index in [9.17, 15) is 4.79 Å². The van der Waals surface area contributed by atoms with Crippen LogP contribution in [0.1, 0.15) is 49.8 Å². The fourth-order valence-electron chi connectivity index (χ4n) is 3.42. The van der Waals surface area contributed by atoms with Crippen molar-refractivity contribution >= 4 is 5.97 Å². The molecule has 1 heterocycles. The number of rotatable bonds is 4. The summed E-state index contributed by atoms with van der Waals surface area (Å²) in [5.74, 6) is 1.89. The van der Waals surface area contributed by atoms with Crippen LogP contribution in [0.4, 0.5) is 0 Å². The molecule has 0 spiro atoms. The quantitative estimate of drug-likeness (QED) is 0.588. The van der Waals surface area contributed by atoms with Crippen molar-refractivity contribution in [2.24, 2.45) is 0 Å². The van der Waals surface area contributed by atoms with Crippen LogP contribution in [0.3, 0.4) is 0 Å². The molecule has 27 heavy (non-hydrogen) atoms. The minimum atomic E-state index is -0.246. The molecule has 144 valence electrons. The predicted molar refractivity (Wildman–Crippen MR) is 103 cm³/mol. The molecule has 0 N–H and O–H groups in total. The Morgan fingerprint density at radius 1 is 0.963 bits per heavy atom. The first-order valence-corrected chi connectivity index (χ1v) is 8.93. The molecule has 2 aromatic rings. The van der Waals surface area contributed by atoms with E-state index < -0.39 is 0 Å². The van der Waals surface area contributed by atoms with Crippen LogP contribution in [0.25, 0.3) is 0 Å². The second-order valence-corrected chi connectivity index (χ2v) is 7.69. The maximum absolute atomic E-state index is 12.2. The van der Waals surface area contributed by atoms with Crippen LogP contribution in [0, 0.1) is 0 Å². The van der Waals surface area contributed by atoms with Crippen molar-refractivity contribution in [2.45, 2.75) is 38.5 Å². The number of hydrogen-bond donors (Lipinski definition) is 0. The van der Waals surface area contributed by atoms with Crippen LogP contribution in [0.5, 0.6) is 23.0 Å². The Kier molecular flexibility index (Phi) is 5.05. The summed E-state index contributed by atoms with van der Waals surface area (Å²) in [7, 11) is 4.74. The smallest absolute Gasteiger partial charge is 0.312 e. The Morgan fingerprint density at radius 3 is 2.11 bits per heavy atom. The van der Waals surface area contributed by atoms with E-state index in [0.717, 1.165) is 11.1 Å². The van der Waals surface area contributed by atoms with Gasteiger partial charge in [-0.25, -0.2) is 0 Å². The fourth-order valence-corrected chi connectivity index (χ4v) is 3.42. The normalized spacial score (nSPS) is 16.4. The molecule has 3 rings (SSSR count). The average molecular weight is 370 g/mol. The van der Waals surface area contributed by atoms with Gasteiger partial charge >= 0.3 is 5.97 Å². The van der Waals surface area contributed by atoms with E-state index in [1.54, 1.807) is 21.3 Å². The van der Waals surface area contributed by atoms with Gasteiger partial charge in [-0.3, -0.25) is 4.79 Å². The average Bonchev–Trinajstić information content (AvgIpc) is 2.64. The second kappa shape index (κ2) is 7.14. The highest BCUT2D eigenvalue weighted by Crippen LogP contribution is 2.46. The van der Waals surface area contributed by atoms with Gasteiger partial charge in [-0.1, -0.05) is 32.9 Å². The maximum Gasteiger partial charge on any atom is 0.312 e. The summed E-state index contributed by atoms with van der Waals surface area (Å²) >= 11 is 0. The van der Waals surface area contributed by atoms with Crippen LogP contribution in [-0.4, -0.2) is 27.3 Å². The van der Waals surface area contributed by atoms with Crippen LogP contribution in [-0.2, 0) is 10.2 Å². The molecule has 1 aliphatic rings. The van der Waals surface area contributed by atoms with E-state index >= 15 is 0 Å². The van der Waals surface area contributed by atoms with Crippen molar-refractivity contribution in [2.75, 3.05) is 21.3 Å². The van der Waals surface area contributed by atoms with Gasteiger partial charge in [0.15, 0.2) is 11.5 Å². The first-order valence-electron chi connectivity index (χ1n) is 8.93. The number of carbonyl (C=O) groups excluding carboxylic acids is 1. The van der Waals surface area contributed by atoms with E-state index in [-0.39, 0.29) is 23.7 Å². The summed E-state index contributed by atoms with van der Waals surface area (Å²) in [6, 6.07) is 9.84. The lowest BCUT2D eigenvalue weighted by atomic mass is 9.80. The highest BCUT2D eigenvalue weighted by molar-refractivity contribution is 5.78. The van der Waals surface area contributed by atoms with Crippen molar-refractivity contribution in [3.63, 3.8) is 0 Å². The monoisotopic (exact) mass is 370 g/mol. The Morgan fingerprint density at radius 2 is 1.59 bits per heavy atom. The number of benzene rings is 2. The minimum absolute atomic E-state index is 0.00365. The first kappa shape index (κ1) is 19.1. The lowest BCUT2D eigenvalue weighted by Crippen LogP contribution is -2.22. The topological polar surface area (TPSA) is 54.0 Å². The largest absolute Gasteiger partial charge is 0.493 e. The van der Waals surface area contributed by atoms with Gasteiger partial charge in [-0.05, 0) is 34.7 Å². The Balaban J connectivity index is 2.17. The molecule has 0 unspecified atom stereocenters. The van der Waals surface area contributed by atoms with Gasteiger partial charge in [0.05, 0.1) is 27.8 Å². The third-order valence-corrected chi connectivity index (χ3v) is 4.94. The molecular weight excluding hydrogens is 344 g/mol. The summed E-state index contributed by atoms with van der Waals surface area (Å²) in [4.78, 5) is 12.2. The lowest BCUT2D eigenvalue weighted by molar-refractivity contribution is -0.135. The third-order valence-electron chi connectivity index (χ3n) is 4.94. The molecule has 0 saturated carbocycles. The minimum Gasteiger partial charge on any atom is -0.493 e. The maximum atomic E-state index is 12.2. The highest BCUT2D eigenvalue weighted by Gasteiger charge is 2.31. The van der Waals surface area contributed by atoms with E-state index in [1.807, 2.05) is 24.3 Å². The Hall–Kier alpha value is -2.69. The van der Waals surface area contributed by atoms with E-state index in [1.165, 1.54) is 5.56 Å². The van der Waals surface area contributed by atoms with E-state index in [4.69, 9.17) is 18.9 Å². The van der Waals surface area contributed by atoms with Gasteiger partial charge in [-0.15, -0.1) is 0 Å². The van der Waals surface area contributed by atoms with Crippen molar-refractivity contribution in [1.29, 1.82) is 0 Å². The summed E-state index contributed by atoms with van der Waals surface area (Å²) in [6.45, 7) is 6.49. The predicted octanol–water partition coefficient (Wildman–Crippen LogP) is 4.45. The number of hydrogen-bond acceptors (Lipinski definition) is 5. The molecule has 0 radical (unpaired) electrons. The van der Waals surface area contributed by atoms with Gasteiger partial charge < -0.3 is 18.9 Å². The molecule has 0 fully saturated rings. The molecule has 0 aromatic heterocycles. The van der Waals surface area contributed by atoms with Gasteiger partial charge in [0.25, 0.3) is 0 Å². The molecule has 5 heteroatoms. The summed E-state index contributed by atoms with van der Waals surface area (Å²) in [6.07, 6.45) is 0.263. The molecule has 0 amide bonds. The van der Waals surface area contributed by atoms with Crippen LogP contribution < -0.4 is 18.9 Å². The van der Waals surface area contributed by atoms with E-state index in [2.05, 4.69) is 26.8 Å².